The molecule has 0 saturated carbocycles. The molecule has 0 amide bonds. The summed E-state index contributed by atoms with van der Waals surface area (Å²) in [7, 11) is 0. The summed E-state index contributed by atoms with van der Waals surface area (Å²) in [5.41, 5.74) is 2.63. The Kier molecular flexibility index (Phi) is 3.87. The van der Waals surface area contributed by atoms with Crippen LogP contribution in [0, 0.1) is 0 Å². The van der Waals surface area contributed by atoms with Crippen molar-refractivity contribution in [3.05, 3.63) is 40.6 Å². The van der Waals surface area contributed by atoms with Crippen molar-refractivity contribution < 1.29 is 0 Å². The summed E-state index contributed by atoms with van der Waals surface area (Å²) in [6.45, 7) is 3.88. The maximum Gasteiger partial charge on any atom is 0.152 e. The van der Waals surface area contributed by atoms with E-state index in [0.29, 0.717) is 0 Å². The molecule has 1 aliphatic heterocycles. The van der Waals surface area contributed by atoms with Gasteiger partial charge in [-0.05, 0) is 47.3 Å². The van der Waals surface area contributed by atoms with Crippen LogP contribution in [-0.4, -0.2) is 23.1 Å². The van der Waals surface area contributed by atoms with Crippen LogP contribution < -0.4 is 10.2 Å². The van der Waals surface area contributed by atoms with Crippen molar-refractivity contribution in [2.45, 2.75) is 19.8 Å². The molecule has 5 heteroatoms. The van der Waals surface area contributed by atoms with Gasteiger partial charge in [-0.25, -0.2) is 9.97 Å². The number of fused-ring (bicyclic) bond motifs is 1. The van der Waals surface area contributed by atoms with E-state index in [0.717, 1.165) is 42.0 Å². The number of nitrogens with zero attached hydrogens (tertiary/aromatic N) is 3. The Balaban J connectivity index is 2.04. The van der Waals surface area contributed by atoms with Crippen LogP contribution in [0.25, 0.3) is 0 Å². The molecule has 2 heterocycles. The fraction of sp³-hybridized carbons (Fsp3) is 0.333. The maximum absolute atomic E-state index is 4.47. The fourth-order valence-corrected chi connectivity index (χ4v) is 3.15. The topological polar surface area (TPSA) is 41.1 Å². The van der Waals surface area contributed by atoms with Gasteiger partial charge in [0.05, 0.1) is 0 Å². The zero-order chi connectivity index (χ0) is 13.9. The van der Waals surface area contributed by atoms with E-state index < -0.39 is 0 Å². The molecular weight excluding hydrogens is 316 g/mol. The summed E-state index contributed by atoms with van der Waals surface area (Å²) in [6.07, 6.45) is 3.90. The first-order valence-electron chi connectivity index (χ1n) is 6.91. The van der Waals surface area contributed by atoms with Crippen molar-refractivity contribution in [1.29, 1.82) is 0 Å². The number of nitrogens with one attached hydrogen (secondary N) is 1. The molecule has 0 saturated heterocycles. The molecule has 1 N–H and O–H groups in total. The Labute approximate surface area is 127 Å². The van der Waals surface area contributed by atoms with Crippen molar-refractivity contribution >= 4 is 33.3 Å². The van der Waals surface area contributed by atoms with Gasteiger partial charge in [-0.2, -0.15) is 0 Å². The average Bonchev–Trinajstić information content (AvgIpc) is 2.49. The first-order chi connectivity index (χ1) is 9.81. The largest absolute Gasteiger partial charge is 0.369 e. The number of anilines is 3. The molecule has 20 heavy (non-hydrogen) atoms. The Morgan fingerprint density at radius 2 is 2.15 bits per heavy atom. The average molecular weight is 333 g/mol. The number of aryl methyl sites for hydroxylation is 1. The van der Waals surface area contributed by atoms with Crippen LogP contribution >= 0.6 is 15.9 Å². The van der Waals surface area contributed by atoms with Gasteiger partial charge in [-0.3, -0.25) is 0 Å². The molecule has 0 atom stereocenters. The number of rotatable bonds is 3. The fourth-order valence-electron chi connectivity index (χ4n) is 2.59. The lowest BCUT2D eigenvalue weighted by Crippen LogP contribution is -2.26. The van der Waals surface area contributed by atoms with E-state index in [9.17, 15) is 0 Å². The molecule has 1 aromatic heterocycles. The second-order valence-electron chi connectivity index (χ2n) is 4.77. The normalized spacial score (nSPS) is 14.0. The number of para-hydroxylation sites is 1. The van der Waals surface area contributed by atoms with E-state index in [1.54, 1.807) is 6.33 Å². The SMILES string of the molecule is CCNc1ncnc(N2CCCc3ccccc32)c1Br. The predicted molar refractivity (Wildman–Crippen MR) is 85.7 cm³/mol. The minimum Gasteiger partial charge on any atom is -0.369 e. The zero-order valence-electron chi connectivity index (χ0n) is 11.4. The highest BCUT2D eigenvalue weighted by molar-refractivity contribution is 9.10. The summed E-state index contributed by atoms with van der Waals surface area (Å²) < 4.78 is 0.929. The summed E-state index contributed by atoms with van der Waals surface area (Å²) in [5, 5.41) is 3.25. The van der Waals surface area contributed by atoms with Crippen LogP contribution in [0.1, 0.15) is 18.9 Å². The molecular formula is C15H17BrN4. The lowest BCUT2D eigenvalue weighted by atomic mass is 10.0. The highest BCUT2D eigenvalue weighted by Gasteiger charge is 2.22. The Morgan fingerprint density at radius 3 is 3.00 bits per heavy atom. The lowest BCUT2D eigenvalue weighted by Gasteiger charge is -2.31. The van der Waals surface area contributed by atoms with Gasteiger partial charge < -0.3 is 10.2 Å². The number of benzene rings is 1. The summed E-state index contributed by atoms with van der Waals surface area (Å²) in [6, 6.07) is 8.54. The van der Waals surface area contributed by atoms with Crippen LogP contribution in [-0.2, 0) is 6.42 Å². The first kappa shape index (κ1) is 13.4. The van der Waals surface area contributed by atoms with Gasteiger partial charge in [-0.1, -0.05) is 18.2 Å². The smallest absolute Gasteiger partial charge is 0.152 e. The van der Waals surface area contributed by atoms with Crippen molar-refractivity contribution in [3.63, 3.8) is 0 Å². The third kappa shape index (κ3) is 2.38. The van der Waals surface area contributed by atoms with Gasteiger partial charge in [0.15, 0.2) is 5.82 Å². The maximum atomic E-state index is 4.47. The molecule has 0 fully saturated rings. The van der Waals surface area contributed by atoms with Crippen LogP contribution in [0.5, 0.6) is 0 Å². The Hall–Kier alpha value is -1.62. The van der Waals surface area contributed by atoms with Crippen LogP contribution in [0.15, 0.2) is 35.1 Å². The molecule has 3 rings (SSSR count). The van der Waals surface area contributed by atoms with Gasteiger partial charge in [-0.15, -0.1) is 0 Å². The van der Waals surface area contributed by atoms with Gasteiger partial charge in [0.25, 0.3) is 0 Å². The number of hydrogen-bond donors (Lipinski definition) is 1. The van der Waals surface area contributed by atoms with E-state index in [4.69, 9.17) is 0 Å². The molecule has 0 unspecified atom stereocenters. The Morgan fingerprint density at radius 1 is 1.30 bits per heavy atom. The summed E-state index contributed by atoms with van der Waals surface area (Å²) in [5.74, 6) is 1.78. The van der Waals surface area contributed by atoms with E-state index in [1.165, 1.54) is 11.3 Å². The summed E-state index contributed by atoms with van der Waals surface area (Å²) >= 11 is 3.64. The highest BCUT2D eigenvalue weighted by atomic mass is 79.9. The van der Waals surface area contributed by atoms with E-state index in [-0.39, 0.29) is 0 Å². The van der Waals surface area contributed by atoms with Crippen LogP contribution in [0.2, 0.25) is 0 Å². The zero-order valence-corrected chi connectivity index (χ0v) is 13.0. The highest BCUT2D eigenvalue weighted by Crippen LogP contribution is 2.37. The van der Waals surface area contributed by atoms with Crippen molar-refractivity contribution in [2.24, 2.45) is 0 Å². The van der Waals surface area contributed by atoms with Gasteiger partial charge >= 0.3 is 0 Å². The van der Waals surface area contributed by atoms with Crippen molar-refractivity contribution in [1.82, 2.24) is 9.97 Å². The summed E-state index contributed by atoms with van der Waals surface area (Å²) in [4.78, 5) is 11.0. The third-order valence-corrected chi connectivity index (χ3v) is 4.21. The molecule has 1 aliphatic rings. The second kappa shape index (κ2) is 5.79. The van der Waals surface area contributed by atoms with Gasteiger partial charge in [0.1, 0.15) is 16.6 Å². The third-order valence-electron chi connectivity index (χ3n) is 3.48. The number of halogens is 1. The minimum absolute atomic E-state index is 0.839. The van der Waals surface area contributed by atoms with Gasteiger partial charge in [0.2, 0.25) is 0 Å². The van der Waals surface area contributed by atoms with Crippen LogP contribution in [0.3, 0.4) is 0 Å². The van der Waals surface area contributed by atoms with Crippen molar-refractivity contribution in [3.8, 4) is 0 Å². The van der Waals surface area contributed by atoms with E-state index in [2.05, 4.69) is 67.3 Å². The monoisotopic (exact) mass is 332 g/mol. The second-order valence-corrected chi connectivity index (χ2v) is 5.57. The molecule has 0 bridgehead atoms. The van der Waals surface area contributed by atoms with Gasteiger partial charge in [0, 0.05) is 18.8 Å². The predicted octanol–water partition coefficient (Wildman–Crippen LogP) is 3.76. The quantitative estimate of drug-likeness (QED) is 0.929. The first-order valence-corrected chi connectivity index (χ1v) is 7.70. The van der Waals surface area contributed by atoms with Crippen molar-refractivity contribution in [2.75, 3.05) is 23.3 Å². The molecule has 0 aliphatic carbocycles. The molecule has 0 spiro atoms. The number of aromatic nitrogens is 2. The lowest BCUT2D eigenvalue weighted by molar-refractivity contribution is 0.757. The molecule has 2 aromatic rings. The minimum atomic E-state index is 0.839. The number of hydrogen-bond acceptors (Lipinski definition) is 4. The van der Waals surface area contributed by atoms with E-state index in [1.807, 2.05) is 0 Å². The molecule has 104 valence electrons. The molecule has 1 aromatic carbocycles. The van der Waals surface area contributed by atoms with Crippen LogP contribution in [0.4, 0.5) is 17.3 Å². The molecule has 0 radical (unpaired) electrons. The standard InChI is InChI=1S/C15H17BrN4/c1-2-17-14-13(16)15(19-10-18-14)20-9-5-7-11-6-3-4-8-12(11)20/h3-4,6,8,10H,2,5,7,9H2,1H3,(H,17,18,19). The Bertz CT molecular complexity index is 615. The van der Waals surface area contributed by atoms with E-state index >= 15 is 0 Å². The molecule has 4 nitrogen and oxygen atoms in total.